The van der Waals surface area contributed by atoms with E-state index in [9.17, 15) is 0 Å². The maximum Gasteiger partial charge on any atom is 0.322 e. The minimum atomic E-state index is 0.336. The fourth-order valence-electron chi connectivity index (χ4n) is 2.50. The van der Waals surface area contributed by atoms with E-state index >= 15 is 0 Å². The number of ether oxygens (including phenoxy) is 1. The van der Waals surface area contributed by atoms with Gasteiger partial charge in [0.05, 0.1) is 7.11 Å². The highest BCUT2D eigenvalue weighted by Crippen LogP contribution is 2.19. The molecule has 0 bridgehead atoms. The van der Waals surface area contributed by atoms with Gasteiger partial charge in [-0.1, -0.05) is 0 Å². The zero-order valence-electron chi connectivity index (χ0n) is 13.2. The lowest BCUT2D eigenvalue weighted by atomic mass is 9.94. The van der Waals surface area contributed by atoms with Crippen molar-refractivity contribution in [1.82, 2.24) is 19.9 Å². The minimum absolute atomic E-state index is 0.336. The molecule has 118 valence electrons. The molecular weight excluding hydrogens is 268 g/mol. The molecule has 1 aliphatic heterocycles. The lowest BCUT2D eigenvalue weighted by Crippen LogP contribution is -2.31. The van der Waals surface area contributed by atoms with Crippen LogP contribution < -0.4 is 15.4 Å². The van der Waals surface area contributed by atoms with Crippen molar-refractivity contribution >= 4 is 11.9 Å². The minimum Gasteiger partial charge on any atom is -0.467 e. The molecular formula is C14H26N6O. The van der Waals surface area contributed by atoms with Gasteiger partial charge in [0.15, 0.2) is 0 Å². The van der Waals surface area contributed by atoms with Gasteiger partial charge in [-0.05, 0) is 52.2 Å². The third kappa shape index (κ3) is 5.00. The lowest BCUT2D eigenvalue weighted by Gasteiger charge is -2.28. The van der Waals surface area contributed by atoms with Gasteiger partial charge < -0.3 is 20.3 Å². The Labute approximate surface area is 126 Å². The Kier molecular flexibility index (Phi) is 5.98. The van der Waals surface area contributed by atoms with Crippen LogP contribution in [0.3, 0.4) is 0 Å². The van der Waals surface area contributed by atoms with Crippen LogP contribution in [-0.2, 0) is 0 Å². The Bertz CT molecular complexity index is 433. The van der Waals surface area contributed by atoms with Crippen molar-refractivity contribution in [1.29, 1.82) is 0 Å². The van der Waals surface area contributed by atoms with E-state index in [-0.39, 0.29) is 0 Å². The summed E-state index contributed by atoms with van der Waals surface area (Å²) in [6, 6.07) is 0.336. The molecule has 7 heteroatoms. The molecule has 1 aliphatic rings. The Hall–Kier alpha value is -1.63. The van der Waals surface area contributed by atoms with E-state index in [0.29, 0.717) is 17.9 Å². The number of nitrogens with one attached hydrogen (secondary N) is 2. The number of aromatic nitrogens is 3. The first-order chi connectivity index (χ1) is 10.2. The van der Waals surface area contributed by atoms with E-state index in [4.69, 9.17) is 4.74 Å². The fraction of sp³-hybridized carbons (Fsp3) is 0.786. The van der Waals surface area contributed by atoms with Gasteiger partial charge in [-0.2, -0.15) is 15.0 Å². The normalized spacial score (nSPS) is 16.7. The van der Waals surface area contributed by atoms with Crippen molar-refractivity contribution in [3.05, 3.63) is 0 Å². The number of piperidine rings is 1. The Balaban J connectivity index is 1.83. The SMILES string of the molecule is CCNc1nc(NCCC2CCN(C)CC2)nc(OC)n1. The number of nitrogens with zero attached hydrogens (tertiary/aromatic N) is 4. The number of hydrogen-bond donors (Lipinski definition) is 2. The zero-order chi connectivity index (χ0) is 15.1. The van der Waals surface area contributed by atoms with E-state index in [1.54, 1.807) is 7.11 Å². The standard InChI is InChI=1S/C14H26N6O/c1-4-15-12-17-13(19-14(18-12)21-3)16-8-5-11-6-9-20(2)10-7-11/h11H,4-10H2,1-3H3,(H2,15,16,17,18,19). The van der Waals surface area contributed by atoms with Crippen molar-refractivity contribution in [2.45, 2.75) is 26.2 Å². The molecule has 1 aromatic rings. The topological polar surface area (TPSA) is 75.2 Å². The van der Waals surface area contributed by atoms with Crippen molar-refractivity contribution < 1.29 is 4.74 Å². The van der Waals surface area contributed by atoms with Crippen LogP contribution in [0.25, 0.3) is 0 Å². The summed E-state index contributed by atoms with van der Waals surface area (Å²) in [5.74, 6) is 1.92. The highest BCUT2D eigenvalue weighted by Gasteiger charge is 2.16. The molecule has 0 atom stereocenters. The maximum atomic E-state index is 5.10. The first kappa shape index (κ1) is 15.8. The van der Waals surface area contributed by atoms with Crippen LogP contribution in [0, 0.1) is 5.92 Å². The van der Waals surface area contributed by atoms with Gasteiger partial charge in [-0.25, -0.2) is 0 Å². The molecule has 0 aliphatic carbocycles. The summed E-state index contributed by atoms with van der Waals surface area (Å²) in [4.78, 5) is 15.1. The van der Waals surface area contributed by atoms with Crippen LogP contribution in [0.4, 0.5) is 11.9 Å². The second-order valence-corrected chi connectivity index (χ2v) is 5.46. The van der Waals surface area contributed by atoms with Gasteiger partial charge in [0.25, 0.3) is 0 Å². The summed E-state index contributed by atoms with van der Waals surface area (Å²) >= 11 is 0. The highest BCUT2D eigenvalue weighted by atomic mass is 16.5. The van der Waals surface area contributed by atoms with Crippen molar-refractivity contribution in [3.63, 3.8) is 0 Å². The van der Waals surface area contributed by atoms with E-state index in [1.807, 2.05) is 6.92 Å². The van der Waals surface area contributed by atoms with Gasteiger partial charge in [0.1, 0.15) is 0 Å². The lowest BCUT2D eigenvalue weighted by molar-refractivity contribution is 0.215. The molecule has 21 heavy (non-hydrogen) atoms. The molecule has 1 aromatic heterocycles. The molecule has 0 spiro atoms. The summed E-state index contributed by atoms with van der Waals surface area (Å²) in [5, 5.41) is 6.36. The maximum absolute atomic E-state index is 5.10. The average molecular weight is 294 g/mol. The molecule has 1 fully saturated rings. The smallest absolute Gasteiger partial charge is 0.322 e. The van der Waals surface area contributed by atoms with Gasteiger partial charge in [0, 0.05) is 13.1 Å². The second kappa shape index (κ2) is 7.97. The molecule has 0 unspecified atom stereocenters. The van der Waals surface area contributed by atoms with Crippen LogP contribution >= 0.6 is 0 Å². The van der Waals surface area contributed by atoms with Crippen molar-refractivity contribution in [2.75, 3.05) is 51.0 Å². The third-order valence-corrected chi connectivity index (χ3v) is 3.81. The zero-order valence-corrected chi connectivity index (χ0v) is 13.2. The predicted molar refractivity (Wildman–Crippen MR) is 83.9 cm³/mol. The van der Waals surface area contributed by atoms with Crippen molar-refractivity contribution in [3.8, 4) is 6.01 Å². The third-order valence-electron chi connectivity index (χ3n) is 3.81. The number of methoxy groups -OCH3 is 1. The molecule has 1 saturated heterocycles. The molecule has 2 heterocycles. The molecule has 0 amide bonds. The van der Waals surface area contributed by atoms with Gasteiger partial charge in [-0.3, -0.25) is 0 Å². The van der Waals surface area contributed by atoms with E-state index in [1.165, 1.54) is 25.9 Å². The van der Waals surface area contributed by atoms with E-state index in [2.05, 4.69) is 37.5 Å². The summed E-state index contributed by atoms with van der Waals surface area (Å²) in [6.45, 7) is 6.06. The molecule has 2 N–H and O–H groups in total. The van der Waals surface area contributed by atoms with Crippen LogP contribution in [0.2, 0.25) is 0 Å². The van der Waals surface area contributed by atoms with Gasteiger partial charge in [0.2, 0.25) is 11.9 Å². The Morgan fingerprint density at radius 2 is 1.81 bits per heavy atom. The Morgan fingerprint density at radius 1 is 1.14 bits per heavy atom. The highest BCUT2D eigenvalue weighted by molar-refractivity contribution is 5.35. The average Bonchev–Trinajstić information content (AvgIpc) is 2.49. The van der Waals surface area contributed by atoms with Crippen LogP contribution in [-0.4, -0.2) is 60.2 Å². The van der Waals surface area contributed by atoms with Crippen molar-refractivity contribution in [2.24, 2.45) is 5.92 Å². The summed E-state index contributed by atoms with van der Waals surface area (Å²) < 4.78 is 5.10. The Morgan fingerprint density at radius 3 is 2.43 bits per heavy atom. The number of rotatable bonds is 7. The molecule has 0 radical (unpaired) electrons. The molecule has 2 rings (SSSR count). The number of anilines is 2. The van der Waals surface area contributed by atoms with Crippen LogP contribution in [0.15, 0.2) is 0 Å². The largest absolute Gasteiger partial charge is 0.467 e. The molecule has 7 nitrogen and oxygen atoms in total. The van der Waals surface area contributed by atoms with Gasteiger partial charge >= 0.3 is 6.01 Å². The summed E-state index contributed by atoms with van der Waals surface area (Å²) in [5.41, 5.74) is 0. The van der Waals surface area contributed by atoms with E-state index in [0.717, 1.165) is 25.4 Å². The first-order valence-corrected chi connectivity index (χ1v) is 7.67. The van der Waals surface area contributed by atoms with Gasteiger partial charge in [-0.15, -0.1) is 0 Å². The fourth-order valence-corrected chi connectivity index (χ4v) is 2.50. The van der Waals surface area contributed by atoms with Crippen LogP contribution in [0.1, 0.15) is 26.2 Å². The van der Waals surface area contributed by atoms with E-state index < -0.39 is 0 Å². The van der Waals surface area contributed by atoms with Crippen LogP contribution in [0.5, 0.6) is 6.01 Å². The first-order valence-electron chi connectivity index (χ1n) is 7.67. The summed E-state index contributed by atoms with van der Waals surface area (Å²) in [7, 11) is 3.75. The molecule has 0 aromatic carbocycles. The number of hydrogen-bond acceptors (Lipinski definition) is 7. The quantitative estimate of drug-likeness (QED) is 0.788. The molecule has 0 saturated carbocycles. The second-order valence-electron chi connectivity index (χ2n) is 5.46. The summed E-state index contributed by atoms with van der Waals surface area (Å²) in [6.07, 6.45) is 3.71. The predicted octanol–water partition coefficient (Wildman–Crippen LogP) is 1.46. The monoisotopic (exact) mass is 294 g/mol. The number of likely N-dealkylation sites (tertiary alicyclic amines) is 1.